The van der Waals surface area contributed by atoms with Crippen molar-refractivity contribution in [1.82, 2.24) is 9.88 Å². The zero-order chi connectivity index (χ0) is 10.6. The number of pyridine rings is 1. The molecule has 4 nitrogen and oxygen atoms in total. The number of hydrogen-bond acceptors (Lipinski definition) is 3. The van der Waals surface area contributed by atoms with Gasteiger partial charge >= 0.3 is 0 Å². The fourth-order valence-electron chi connectivity index (χ4n) is 1.33. The van der Waals surface area contributed by atoms with Gasteiger partial charge in [-0.2, -0.15) is 0 Å². The number of aliphatic hydroxyl groups is 1. The smallest absolute Gasteiger partial charge is 0.253 e. The minimum absolute atomic E-state index is 0.0392. The molecule has 0 aliphatic carbocycles. The van der Waals surface area contributed by atoms with Gasteiger partial charge in [0.05, 0.1) is 12.6 Å². The van der Waals surface area contributed by atoms with Crippen LogP contribution in [0.25, 0.3) is 0 Å². The van der Waals surface area contributed by atoms with Crippen molar-refractivity contribution in [2.75, 3.05) is 13.6 Å². The lowest BCUT2D eigenvalue weighted by Crippen LogP contribution is -2.32. The van der Waals surface area contributed by atoms with Crippen molar-refractivity contribution in [2.45, 2.75) is 19.6 Å². The average molecular weight is 196 g/mol. The lowest BCUT2D eigenvalue weighted by atomic mass is 10.3. The third-order valence-corrected chi connectivity index (χ3v) is 2.06. The molecule has 0 aromatic carbocycles. The number of nitrogens with one attached hydrogen (secondary N) is 1. The summed E-state index contributed by atoms with van der Waals surface area (Å²) in [5.41, 5.74) is 0.659. The minimum atomic E-state index is -0.528. The number of aliphatic hydroxyl groups excluding tert-OH is 1. The number of likely N-dealkylation sites (N-methyl/N-ethyl adjacent to an activating group) is 1. The fraction of sp³-hybridized carbons (Fsp3) is 0.500. The molecule has 78 valence electrons. The summed E-state index contributed by atoms with van der Waals surface area (Å²) in [6.45, 7) is 2.59. The van der Waals surface area contributed by atoms with E-state index in [-0.39, 0.29) is 5.56 Å². The van der Waals surface area contributed by atoms with E-state index >= 15 is 0 Å². The Morgan fingerprint density at radius 3 is 3.00 bits per heavy atom. The van der Waals surface area contributed by atoms with Gasteiger partial charge in [0.15, 0.2) is 0 Å². The molecule has 2 N–H and O–H groups in total. The molecule has 14 heavy (non-hydrogen) atoms. The van der Waals surface area contributed by atoms with E-state index in [1.807, 2.05) is 6.07 Å². The lowest BCUT2D eigenvalue weighted by Gasteiger charge is -2.12. The van der Waals surface area contributed by atoms with E-state index in [1.54, 1.807) is 26.2 Å². The molecule has 1 aromatic rings. The molecule has 0 saturated heterocycles. The summed E-state index contributed by atoms with van der Waals surface area (Å²) in [5, 5.41) is 12.4. The maximum Gasteiger partial charge on any atom is 0.253 e. The molecule has 1 heterocycles. The van der Waals surface area contributed by atoms with E-state index in [2.05, 4.69) is 5.32 Å². The van der Waals surface area contributed by atoms with Crippen LogP contribution in [-0.2, 0) is 6.54 Å². The molecule has 0 bridgehead atoms. The molecule has 0 radical (unpaired) electrons. The van der Waals surface area contributed by atoms with Crippen LogP contribution in [0.5, 0.6) is 0 Å². The molecule has 1 unspecified atom stereocenters. The van der Waals surface area contributed by atoms with Crippen molar-refractivity contribution in [2.24, 2.45) is 0 Å². The molecule has 0 aliphatic heterocycles. The van der Waals surface area contributed by atoms with Crippen LogP contribution in [-0.4, -0.2) is 29.4 Å². The van der Waals surface area contributed by atoms with Crippen molar-refractivity contribution in [3.8, 4) is 0 Å². The maximum absolute atomic E-state index is 11.5. The summed E-state index contributed by atoms with van der Waals surface area (Å²) in [6.07, 6.45) is 1.16. The quantitative estimate of drug-likeness (QED) is 0.697. The Labute approximate surface area is 83.2 Å². The number of hydrogen-bond donors (Lipinski definition) is 2. The van der Waals surface area contributed by atoms with Crippen molar-refractivity contribution in [1.29, 1.82) is 0 Å². The van der Waals surface area contributed by atoms with Crippen LogP contribution in [0, 0.1) is 6.92 Å². The minimum Gasteiger partial charge on any atom is -0.390 e. The zero-order valence-corrected chi connectivity index (χ0v) is 8.53. The van der Waals surface area contributed by atoms with Crippen LogP contribution < -0.4 is 10.9 Å². The molecular formula is C10H16N2O2. The van der Waals surface area contributed by atoms with Crippen molar-refractivity contribution < 1.29 is 5.11 Å². The molecule has 4 heteroatoms. The average Bonchev–Trinajstić information content (AvgIpc) is 2.13. The van der Waals surface area contributed by atoms with Gasteiger partial charge in [0.25, 0.3) is 5.56 Å². The molecule has 0 amide bonds. The van der Waals surface area contributed by atoms with E-state index < -0.39 is 6.10 Å². The highest BCUT2D eigenvalue weighted by molar-refractivity contribution is 5.07. The first kappa shape index (κ1) is 10.9. The van der Waals surface area contributed by atoms with Crippen LogP contribution in [0.3, 0.4) is 0 Å². The van der Waals surface area contributed by atoms with Crippen LogP contribution in [0.1, 0.15) is 5.56 Å². The van der Waals surface area contributed by atoms with E-state index in [9.17, 15) is 9.90 Å². The zero-order valence-electron chi connectivity index (χ0n) is 8.53. The monoisotopic (exact) mass is 196 g/mol. The third kappa shape index (κ3) is 2.68. The van der Waals surface area contributed by atoms with Gasteiger partial charge in [-0.15, -0.1) is 0 Å². The fourth-order valence-corrected chi connectivity index (χ4v) is 1.33. The summed E-state index contributed by atoms with van der Waals surface area (Å²) in [6, 6.07) is 3.58. The Morgan fingerprint density at radius 1 is 1.64 bits per heavy atom. The molecule has 1 atom stereocenters. The van der Waals surface area contributed by atoms with Gasteiger partial charge < -0.3 is 15.0 Å². The Bertz CT molecular complexity index is 346. The van der Waals surface area contributed by atoms with E-state index in [1.165, 1.54) is 4.57 Å². The summed E-state index contributed by atoms with van der Waals surface area (Å²) in [4.78, 5) is 11.5. The molecule has 0 fully saturated rings. The molecule has 1 rings (SSSR count). The van der Waals surface area contributed by atoms with Crippen LogP contribution in [0.4, 0.5) is 0 Å². The molecule has 0 saturated carbocycles. The topological polar surface area (TPSA) is 54.3 Å². The molecular weight excluding hydrogens is 180 g/mol. The Hall–Kier alpha value is -1.13. The van der Waals surface area contributed by atoms with Gasteiger partial charge in [-0.25, -0.2) is 0 Å². The first-order valence-corrected chi connectivity index (χ1v) is 4.64. The van der Waals surface area contributed by atoms with Crippen molar-refractivity contribution in [3.05, 3.63) is 34.2 Å². The van der Waals surface area contributed by atoms with Crippen LogP contribution >= 0.6 is 0 Å². The molecule has 0 spiro atoms. The predicted molar refractivity (Wildman–Crippen MR) is 55.4 cm³/mol. The second-order valence-electron chi connectivity index (χ2n) is 3.36. The van der Waals surface area contributed by atoms with E-state index in [0.717, 1.165) is 0 Å². The Morgan fingerprint density at radius 2 is 2.36 bits per heavy atom. The number of aryl methyl sites for hydroxylation is 1. The molecule has 1 aromatic heterocycles. The Kier molecular flexibility index (Phi) is 3.85. The highest BCUT2D eigenvalue weighted by Gasteiger charge is 2.05. The van der Waals surface area contributed by atoms with E-state index in [0.29, 0.717) is 18.7 Å². The first-order chi connectivity index (χ1) is 6.65. The second kappa shape index (κ2) is 4.93. The van der Waals surface area contributed by atoms with Gasteiger partial charge in [-0.1, -0.05) is 6.07 Å². The summed E-state index contributed by atoms with van der Waals surface area (Å²) < 4.78 is 1.53. The highest BCUT2D eigenvalue weighted by atomic mass is 16.3. The van der Waals surface area contributed by atoms with Crippen LogP contribution in [0.15, 0.2) is 23.1 Å². The number of aromatic nitrogens is 1. The number of rotatable bonds is 4. The maximum atomic E-state index is 11.5. The van der Waals surface area contributed by atoms with Gasteiger partial charge in [0, 0.05) is 18.3 Å². The van der Waals surface area contributed by atoms with Crippen LogP contribution in [0.2, 0.25) is 0 Å². The standard InChI is InChI=1S/C10H16N2O2/c1-8-4-3-5-12(10(8)14)7-9(13)6-11-2/h3-5,9,11,13H,6-7H2,1-2H3. The van der Waals surface area contributed by atoms with Crippen molar-refractivity contribution in [3.63, 3.8) is 0 Å². The Balaban J connectivity index is 2.77. The number of nitrogens with zero attached hydrogens (tertiary/aromatic N) is 1. The summed E-state index contributed by atoms with van der Waals surface area (Å²) in [5.74, 6) is 0. The van der Waals surface area contributed by atoms with Gasteiger partial charge in [-0.3, -0.25) is 4.79 Å². The normalized spacial score (nSPS) is 12.8. The summed E-state index contributed by atoms with van der Waals surface area (Å²) in [7, 11) is 1.77. The molecule has 0 aliphatic rings. The third-order valence-electron chi connectivity index (χ3n) is 2.06. The summed E-state index contributed by atoms with van der Waals surface area (Å²) >= 11 is 0. The predicted octanol–water partition coefficient (Wildman–Crippen LogP) is -0.263. The highest BCUT2D eigenvalue weighted by Crippen LogP contribution is 1.91. The van der Waals surface area contributed by atoms with E-state index in [4.69, 9.17) is 0 Å². The lowest BCUT2D eigenvalue weighted by molar-refractivity contribution is 0.152. The van der Waals surface area contributed by atoms with Gasteiger partial charge in [0.2, 0.25) is 0 Å². The van der Waals surface area contributed by atoms with Gasteiger partial charge in [-0.05, 0) is 20.0 Å². The second-order valence-corrected chi connectivity index (χ2v) is 3.36. The largest absolute Gasteiger partial charge is 0.390 e. The van der Waals surface area contributed by atoms with Crippen molar-refractivity contribution >= 4 is 0 Å². The SMILES string of the molecule is CNCC(O)Cn1cccc(C)c1=O. The van der Waals surface area contributed by atoms with Gasteiger partial charge in [0.1, 0.15) is 0 Å². The first-order valence-electron chi connectivity index (χ1n) is 4.64.